The second-order valence-electron chi connectivity index (χ2n) is 5.51. The van der Waals surface area contributed by atoms with Crippen LogP contribution in [0.4, 0.5) is 0 Å². The fourth-order valence-corrected chi connectivity index (χ4v) is 2.47. The lowest BCUT2D eigenvalue weighted by atomic mass is 10.0. The zero-order chi connectivity index (χ0) is 14.1. The van der Waals surface area contributed by atoms with Crippen molar-refractivity contribution < 1.29 is 4.42 Å². The van der Waals surface area contributed by atoms with Crippen LogP contribution in [0.5, 0.6) is 0 Å². The van der Waals surface area contributed by atoms with Crippen molar-refractivity contribution in [3.63, 3.8) is 0 Å². The Labute approximate surface area is 118 Å². The van der Waals surface area contributed by atoms with Crippen LogP contribution in [0.3, 0.4) is 0 Å². The van der Waals surface area contributed by atoms with Gasteiger partial charge in [0.15, 0.2) is 0 Å². The van der Waals surface area contributed by atoms with Gasteiger partial charge < -0.3 is 10.2 Å². The van der Waals surface area contributed by atoms with Crippen LogP contribution >= 0.6 is 0 Å². The van der Waals surface area contributed by atoms with Crippen molar-refractivity contribution in [2.75, 3.05) is 13.6 Å². The van der Waals surface area contributed by atoms with Crippen LogP contribution in [0, 0.1) is 6.92 Å². The van der Waals surface area contributed by atoms with E-state index in [4.69, 9.17) is 10.2 Å². The molecular formula is C16H30N2O. The number of nitrogens with zero attached hydrogens (tertiary/aromatic N) is 1. The second kappa shape index (κ2) is 9.16. The summed E-state index contributed by atoms with van der Waals surface area (Å²) >= 11 is 0. The van der Waals surface area contributed by atoms with E-state index >= 15 is 0 Å². The number of furan rings is 1. The highest BCUT2D eigenvalue weighted by Crippen LogP contribution is 2.15. The summed E-state index contributed by atoms with van der Waals surface area (Å²) in [4.78, 5) is 2.36. The van der Waals surface area contributed by atoms with Crippen LogP contribution in [-0.4, -0.2) is 24.5 Å². The molecule has 1 heterocycles. The normalized spacial score (nSPS) is 13.1. The largest absolute Gasteiger partial charge is 0.469 e. The number of unbranched alkanes of at least 4 members (excludes halogenated alkanes) is 4. The number of aryl methyl sites for hydroxylation is 1. The predicted octanol–water partition coefficient (Wildman–Crippen LogP) is 3.71. The van der Waals surface area contributed by atoms with Gasteiger partial charge in [-0.1, -0.05) is 39.0 Å². The molecule has 0 aliphatic heterocycles. The smallest absolute Gasteiger partial charge is 0.105 e. The van der Waals surface area contributed by atoms with E-state index in [1.54, 1.807) is 6.26 Å². The van der Waals surface area contributed by atoms with Gasteiger partial charge in [-0.3, -0.25) is 4.90 Å². The van der Waals surface area contributed by atoms with E-state index in [-0.39, 0.29) is 0 Å². The summed E-state index contributed by atoms with van der Waals surface area (Å²) in [5.74, 6) is 1.02. The zero-order valence-electron chi connectivity index (χ0n) is 12.8. The van der Waals surface area contributed by atoms with Crippen molar-refractivity contribution in [3.8, 4) is 0 Å². The van der Waals surface area contributed by atoms with Gasteiger partial charge in [0, 0.05) is 24.7 Å². The van der Waals surface area contributed by atoms with Crippen LogP contribution in [0.15, 0.2) is 16.7 Å². The molecule has 110 valence electrons. The second-order valence-corrected chi connectivity index (χ2v) is 5.51. The first kappa shape index (κ1) is 16.3. The first-order valence-corrected chi connectivity index (χ1v) is 7.62. The minimum Gasteiger partial charge on any atom is -0.469 e. The molecule has 0 bridgehead atoms. The van der Waals surface area contributed by atoms with Gasteiger partial charge in [-0.2, -0.15) is 0 Å². The maximum atomic E-state index is 5.92. The third-order valence-corrected chi connectivity index (χ3v) is 3.92. The molecule has 1 unspecified atom stereocenters. The lowest BCUT2D eigenvalue weighted by molar-refractivity contribution is 0.221. The molecule has 0 aliphatic carbocycles. The molecule has 1 rings (SSSR count). The van der Waals surface area contributed by atoms with Gasteiger partial charge in [0.1, 0.15) is 5.76 Å². The molecular weight excluding hydrogens is 236 g/mol. The summed E-state index contributed by atoms with van der Waals surface area (Å²) in [7, 11) is 2.16. The van der Waals surface area contributed by atoms with E-state index in [0.29, 0.717) is 6.04 Å². The van der Waals surface area contributed by atoms with Crippen molar-refractivity contribution in [1.82, 2.24) is 4.90 Å². The van der Waals surface area contributed by atoms with Crippen molar-refractivity contribution in [2.24, 2.45) is 5.73 Å². The minimum absolute atomic E-state index is 0.482. The molecule has 0 amide bonds. The van der Waals surface area contributed by atoms with Gasteiger partial charge in [0.25, 0.3) is 0 Å². The summed E-state index contributed by atoms with van der Waals surface area (Å²) in [6.07, 6.45) is 9.61. The first-order chi connectivity index (χ1) is 9.19. The third-order valence-electron chi connectivity index (χ3n) is 3.92. The monoisotopic (exact) mass is 266 g/mol. The van der Waals surface area contributed by atoms with E-state index in [0.717, 1.165) is 18.8 Å². The van der Waals surface area contributed by atoms with Gasteiger partial charge in [-0.15, -0.1) is 0 Å². The van der Waals surface area contributed by atoms with E-state index in [1.807, 2.05) is 6.92 Å². The Hall–Kier alpha value is -0.800. The molecule has 3 heteroatoms. The van der Waals surface area contributed by atoms with Crippen LogP contribution in [0.1, 0.15) is 56.8 Å². The van der Waals surface area contributed by atoms with Gasteiger partial charge in [-0.25, -0.2) is 0 Å². The topological polar surface area (TPSA) is 42.4 Å². The van der Waals surface area contributed by atoms with Crippen molar-refractivity contribution >= 4 is 0 Å². The summed E-state index contributed by atoms with van der Waals surface area (Å²) in [6.45, 7) is 5.94. The average molecular weight is 266 g/mol. The Morgan fingerprint density at radius 1 is 1.26 bits per heavy atom. The summed E-state index contributed by atoms with van der Waals surface area (Å²) in [5.41, 5.74) is 7.19. The molecule has 2 N–H and O–H groups in total. The van der Waals surface area contributed by atoms with Crippen LogP contribution in [-0.2, 0) is 6.54 Å². The SMILES string of the molecule is CCCCCCCC(CN)N(C)Cc1ccoc1C. The first-order valence-electron chi connectivity index (χ1n) is 7.62. The lowest BCUT2D eigenvalue weighted by Gasteiger charge is -2.26. The van der Waals surface area contributed by atoms with E-state index in [1.165, 1.54) is 44.1 Å². The molecule has 0 saturated heterocycles. The molecule has 1 aromatic heterocycles. The Morgan fingerprint density at radius 3 is 2.58 bits per heavy atom. The molecule has 3 nitrogen and oxygen atoms in total. The summed E-state index contributed by atoms with van der Waals surface area (Å²) < 4.78 is 5.35. The molecule has 0 spiro atoms. The standard InChI is InChI=1S/C16H30N2O/c1-4-5-6-7-8-9-16(12-17)18(3)13-15-10-11-19-14(15)2/h10-11,16H,4-9,12-13,17H2,1-3H3. The van der Waals surface area contributed by atoms with Crippen molar-refractivity contribution in [1.29, 1.82) is 0 Å². The average Bonchev–Trinajstić information content (AvgIpc) is 2.79. The maximum Gasteiger partial charge on any atom is 0.105 e. The molecule has 0 saturated carbocycles. The molecule has 0 fully saturated rings. The molecule has 1 aromatic rings. The van der Waals surface area contributed by atoms with E-state index in [2.05, 4.69) is 24.9 Å². The van der Waals surface area contributed by atoms with Gasteiger partial charge in [0.05, 0.1) is 6.26 Å². The summed E-state index contributed by atoms with van der Waals surface area (Å²) in [6, 6.07) is 2.54. The highest BCUT2D eigenvalue weighted by atomic mass is 16.3. The van der Waals surface area contributed by atoms with Gasteiger partial charge in [0.2, 0.25) is 0 Å². The number of nitrogens with two attached hydrogens (primary N) is 1. The van der Waals surface area contributed by atoms with Crippen LogP contribution in [0.2, 0.25) is 0 Å². The quantitative estimate of drug-likeness (QED) is 0.656. The highest BCUT2D eigenvalue weighted by molar-refractivity contribution is 5.15. The van der Waals surface area contributed by atoms with Crippen LogP contribution < -0.4 is 5.73 Å². The predicted molar refractivity (Wildman–Crippen MR) is 81.1 cm³/mol. The fraction of sp³-hybridized carbons (Fsp3) is 0.750. The summed E-state index contributed by atoms with van der Waals surface area (Å²) in [5, 5.41) is 0. The Morgan fingerprint density at radius 2 is 2.00 bits per heavy atom. The van der Waals surface area contributed by atoms with Gasteiger partial charge >= 0.3 is 0 Å². The number of hydrogen-bond acceptors (Lipinski definition) is 3. The third kappa shape index (κ3) is 5.79. The maximum absolute atomic E-state index is 5.92. The van der Waals surface area contributed by atoms with Crippen molar-refractivity contribution in [2.45, 2.75) is 65.0 Å². The fourth-order valence-electron chi connectivity index (χ4n) is 2.47. The Kier molecular flexibility index (Phi) is 7.84. The lowest BCUT2D eigenvalue weighted by Crippen LogP contribution is -2.37. The molecule has 19 heavy (non-hydrogen) atoms. The van der Waals surface area contributed by atoms with Crippen LogP contribution in [0.25, 0.3) is 0 Å². The van der Waals surface area contributed by atoms with Crippen molar-refractivity contribution in [3.05, 3.63) is 23.7 Å². The molecule has 0 radical (unpaired) electrons. The number of rotatable bonds is 10. The van der Waals surface area contributed by atoms with E-state index < -0.39 is 0 Å². The Balaban J connectivity index is 2.31. The van der Waals surface area contributed by atoms with Gasteiger partial charge in [-0.05, 0) is 26.5 Å². The highest BCUT2D eigenvalue weighted by Gasteiger charge is 2.14. The number of likely N-dealkylation sites (N-methyl/N-ethyl adjacent to an activating group) is 1. The molecule has 1 atom stereocenters. The minimum atomic E-state index is 0.482. The zero-order valence-corrected chi connectivity index (χ0v) is 12.8. The van der Waals surface area contributed by atoms with E-state index in [9.17, 15) is 0 Å². The number of hydrogen-bond donors (Lipinski definition) is 1. The molecule has 0 aromatic carbocycles. The Bertz CT molecular complexity index is 335. The molecule has 0 aliphatic rings.